The maximum absolute atomic E-state index is 12.5. The fourth-order valence-corrected chi connectivity index (χ4v) is 2.54. The lowest BCUT2D eigenvalue weighted by Crippen LogP contribution is -2.30. The fourth-order valence-electron chi connectivity index (χ4n) is 2.54. The molecule has 0 saturated heterocycles. The molecule has 0 radical (unpaired) electrons. The normalized spacial score (nSPS) is 11.5. The van der Waals surface area contributed by atoms with Crippen LogP contribution in [-0.2, 0) is 23.2 Å². The minimum Gasteiger partial charge on any atom is -0.445 e. The van der Waals surface area contributed by atoms with Crippen molar-refractivity contribution in [2.45, 2.75) is 59.4 Å². The summed E-state index contributed by atoms with van der Waals surface area (Å²) in [6.07, 6.45) is 1.04. The van der Waals surface area contributed by atoms with Gasteiger partial charge >= 0.3 is 0 Å². The Morgan fingerprint density at radius 2 is 1.88 bits per heavy atom. The molecule has 1 aromatic carbocycles. The number of amides is 1. The summed E-state index contributed by atoms with van der Waals surface area (Å²) in [6.45, 7) is 11.5. The van der Waals surface area contributed by atoms with Crippen molar-refractivity contribution < 1.29 is 9.21 Å². The topological polar surface area (TPSA) is 46.3 Å². The van der Waals surface area contributed by atoms with Crippen molar-refractivity contribution in [2.24, 2.45) is 0 Å². The third-order valence-electron chi connectivity index (χ3n) is 4.05. The number of nitrogens with zero attached hydrogens (tertiary/aromatic N) is 2. The van der Waals surface area contributed by atoms with Crippen molar-refractivity contribution in [3.8, 4) is 0 Å². The summed E-state index contributed by atoms with van der Waals surface area (Å²) in [5.74, 6) is 1.71. The number of aromatic nitrogens is 1. The van der Waals surface area contributed by atoms with Crippen molar-refractivity contribution in [3.63, 3.8) is 0 Å². The summed E-state index contributed by atoms with van der Waals surface area (Å²) in [7, 11) is 0. The van der Waals surface area contributed by atoms with Crippen molar-refractivity contribution in [2.75, 3.05) is 6.54 Å². The molecule has 0 aliphatic rings. The molecule has 0 atom stereocenters. The molecule has 1 amide bonds. The SMILES string of the molecule is CCN(Cc1ccccc1)C(=O)CCc1oc(C(C)(C)C)nc1C. The summed E-state index contributed by atoms with van der Waals surface area (Å²) in [4.78, 5) is 18.9. The fraction of sp³-hybridized carbons (Fsp3) is 0.500. The lowest BCUT2D eigenvalue weighted by molar-refractivity contribution is -0.131. The molecule has 0 aliphatic heterocycles. The molecule has 1 heterocycles. The van der Waals surface area contributed by atoms with Gasteiger partial charge in [0.1, 0.15) is 5.76 Å². The van der Waals surface area contributed by atoms with Gasteiger partial charge < -0.3 is 9.32 Å². The van der Waals surface area contributed by atoms with Crippen molar-refractivity contribution >= 4 is 5.91 Å². The maximum atomic E-state index is 12.5. The van der Waals surface area contributed by atoms with Crippen LogP contribution in [0.15, 0.2) is 34.7 Å². The minimum absolute atomic E-state index is 0.115. The highest BCUT2D eigenvalue weighted by Gasteiger charge is 2.23. The number of oxazole rings is 1. The monoisotopic (exact) mass is 328 g/mol. The molecule has 24 heavy (non-hydrogen) atoms. The number of aryl methyl sites for hydroxylation is 2. The highest BCUT2D eigenvalue weighted by Crippen LogP contribution is 2.24. The molecule has 0 N–H and O–H groups in total. The van der Waals surface area contributed by atoms with Crippen LogP contribution >= 0.6 is 0 Å². The highest BCUT2D eigenvalue weighted by molar-refractivity contribution is 5.76. The second-order valence-corrected chi connectivity index (χ2v) is 7.17. The van der Waals surface area contributed by atoms with E-state index < -0.39 is 0 Å². The third-order valence-corrected chi connectivity index (χ3v) is 4.05. The Hall–Kier alpha value is -2.10. The Morgan fingerprint density at radius 1 is 1.21 bits per heavy atom. The molecule has 0 fully saturated rings. The van der Waals surface area contributed by atoms with Gasteiger partial charge in [-0.15, -0.1) is 0 Å². The first-order valence-corrected chi connectivity index (χ1v) is 8.59. The largest absolute Gasteiger partial charge is 0.445 e. The van der Waals surface area contributed by atoms with Gasteiger partial charge in [-0.1, -0.05) is 51.1 Å². The average molecular weight is 328 g/mol. The zero-order valence-electron chi connectivity index (χ0n) is 15.4. The Morgan fingerprint density at radius 3 is 2.42 bits per heavy atom. The smallest absolute Gasteiger partial charge is 0.223 e. The van der Waals surface area contributed by atoms with E-state index in [0.717, 1.165) is 22.9 Å². The Balaban J connectivity index is 1.97. The predicted molar refractivity (Wildman–Crippen MR) is 95.8 cm³/mol. The van der Waals surface area contributed by atoms with Gasteiger partial charge in [0.25, 0.3) is 0 Å². The van der Waals surface area contributed by atoms with Crippen LogP contribution < -0.4 is 0 Å². The number of hydrogen-bond acceptors (Lipinski definition) is 3. The van der Waals surface area contributed by atoms with Gasteiger partial charge in [-0.25, -0.2) is 4.98 Å². The van der Waals surface area contributed by atoms with E-state index in [1.807, 2.05) is 49.1 Å². The standard InChI is InChI=1S/C20H28N2O2/c1-6-22(14-16-10-8-7-9-11-16)18(23)13-12-17-15(2)21-19(24-17)20(3,4)5/h7-11H,6,12-14H2,1-5H3. The maximum Gasteiger partial charge on any atom is 0.223 e. The molecule has 4 heteroatoms. The van der Waals surface area contributed by atoms with E-state index in [9.17, 15) is 4.79 Å². The van der Waals surface area contributed by atoms with E-state index in [-0.39, 0.29) is 11.3 Å². The van der Waals surface area contributed by atoms with Crippen LogP contribution in [0.1, 0.15) is 57.0 Å². The molecule has 0 spiro atoms. The predicted octanol–water partition coefficient (Wildman–Crippen LogP) is 4.26. The van der Waals surface area contributed by atoms with Crippen molar-refractivity contribution in [3.05, 3.63) is 53.2 Å². The van der Waals surface area contributed by atoms with Crippen LogP contribution in [0.4, 0.5) is 0 Å². The highest BCUT2D eigenvalue weighted by atomic mass is 16.4. The van der Waals surface area contributed by atoms with E-state index in [4.69, 9.17) is 4.42 Å². The molecule has 0 bridgehead atoms. The summed E-state index contributed by atoms with van der Waals surface area (Å²) in [6, 6.07) is 10.1. The van der Waals surface area contributed by atoms with E-state index in [1.54, 1.807) is 0 Å². The number of carbonyl (C=O) groups is 1. The van der Waals surface area contributed by atoms with Crippen molar-refractivity contribution in [1.82, 2.24) is 9.88 Å². The first kappa shape index (κ1) is 18.2. The quantitative estimate of drug-likeness (QED) is 0.796. The van der Waals surface area contributed by atoms with Crippen molar-refractivity contribution in [1.29, 1.82) is 0 Å². The molecule has 0 unspecified atom stereocenters. The van der Waals surface area contributed by atoms with Crippen LogP contribution in [0.5, 0.6) is 0 Å². The van der Waals surface area contributed by atoms with E-state index >= 15 is 0 Å². The number of benzene rings is 1. The molecule has 0 saturated carbocycles. The molecular formula is C20H28N2O2. The molecule has 130 valence electrons. The zero-order valence-corrected chi connectivity index (χ0v) is 15.4. The summed E-state index contributed by atoms with van der Waals surface area (Å²) < 4.78 is 5.88. The molecular weight excluding hydrogens is 300 g/mol. The van der Waals surface area contributed by atoms with Crippen LogP contribution in [0.25, 0.3) is 0 Å². The van der Waals surface area contributed by atoms with E-state index in [2.05, 4.69) is 25.8 Å². The lowest BCUT2D eigenvalue weighted by atomic mass is 9.97. The van der Waals surface area contributed by atoms with Gasteiger partial charge in [0.2, 0.25) is 5.91 Å². The van der Waals surface area contributed by atoms with Crippen LogP contribution in [0, 0.1) is 6.92 Å². The summed E-state index contributed by atoms with van der Waals surface area (Å²) >= 11 is 0. The number of rotatable bonds is 6. The molecule has 2 rings (SSSR count). The first-order chi connectivity index (χ1) is 11.3. The molecule has 1 aromatic heterocycles. The van der Waals surface area contributed by atoms with Crippen LogP contribution in [0.2, 0.25) is 0 Å². The van der Waals surface area contributed by atoms with E-state index in [0.29, 0.717) is 25.9 Å². The van der Waals surface area contributed by atoms with Gasteiger partial charge in [-0.05, 0) is 19.4 Å². The van der Waals surface area contributed by atoms with E-state index in [1.165, 1.54) is 0 Å². The third kappa shape index (κ3) is 4.70. The number of hydrogen-bond donors (Lipinski definition) is 0. The minimum atomic E-state index is -0.115. The number of carbonyl (C=O) groups excluding carboxylic acids is 1. The second kappa shape index (κ2) is 7.65. The van der Waals surface area contributed by atoms with Gasteiger partial charge in [0, 0.05) is 31.3 Å². The molecule has 4 nitrogen and oxygen atoms in total. The van der Waals surface area contributed by atoms with Gasteiger partial charge in [-0.2, -0.15) is 0 Å². The Labute approximate surface area is 144 Å². The molecule has 0 aliphatic carbocycles. The van der Waals surface area contributed by atoms with Gasteiger partial charge in [0.05, 0.1) is 5.69 Å². The zero-order chi connectivity index (χ0) is 17.7. The molecule has 2 aromatic rings. The first-order valence-electron chi connectivity index (χ1n) is 8.59. The van der Waals surface area contributed by atoms with Crippen LogP contribution in [0.3, 0.4) is 0 Å². The van der Waals surface area contributed by atoms with Crippen LogP contribution in [-0.4, -0.2) is 22.3 Å². The van der Waals surface area contributed by atoms with Gasteiger partial charge in [-0.3, -0.25) is 4.79 Å². The van der Waals surface area contributed by atoms with Gasteiger partial charge in [0.15, 0.2) is 5.89 Å². The Bertz CT molecular complexity index is 669. The average Bonchev–Trinajstić information content (AvgIpc) is 2.92. The second-order valence-electron chi connectivity index (χ2n) is 7.17. The summed E-state index contributed by atoms with van der Waals surface area (Å²) in [5, 5.41) is 0. The summed E-state index contributed by atoms with van der Waals surface area (Å²) in [5.41, 5.74) is 1.92. The lowest BCUT2D eigenvalue weighted by Gasteiger charge is -2.21. The Kier molecular flexibility index (Phi) is 5.81.